The molecule has 146 valence electrons. The van der Waals surface area contributed by atoms with Gasteiger partial charge < -0.3 is 25.2 Å². The largest absolute Gasteiger partial charge is 0.378 e. The fraction of sp³-hybridized carbons (Fsp3) is 0.611. The minimum absolute atomic E-state index is 0. The van der Waals surface area contributed by atoms with Gasteiger partial charge in [0, 0.05) is 39.3 Å². The quantitative estimate of drug-likeness (QED) is 0.407. The summed E-state index contributed by atoms with van der Waals surface area (Å²) < 4.78 is 19.8. The van der Waals surface area contributed by atoms with Crippen LogP contribution in [0.2, 0.25) is 0 Å². The number of nitrogens with zero attached hydrogens (tertiary/aromatic N) is 4. The molecule has 0 aliphatic carbocycles. The Kier molecular flexibility index (Phi) is 8.36. The highest BCUT2D eigenvalue weighted by Gasteiger charge is 2.18. The van der Waals surface area contributed by atoms with Gasteiger partial charge in [-0.15, -0.1) is 24.0 Å². The second kappa shape index (κ2) is 10.3. The summed E-state index contributed by atoms with van der Waals surface area (Å²) in [6.45, 7) is 10.2. The van der Waals surface area contributed by atoms with E-state index in [0.29, 0.717) is 31.4 Å². The molecule has 8 heteroatoms. The lowest BCUT2D eigenvalue weighted by Crippen LogP contribution is -2.46. The predicted molar refractivity (Wildman–Crippen MR) is 114 cm³/mol. The molecule has 0 bridgehead atoms. The normalized spacial score (nSPS) is 19.4. The number of piperazine rings is 1. The highest BCUT2D eigenvalue weighted by Crippen LogP contribution is 2.22. The van der Waals surface area contributed by atoms with E-state index in [4.69, 9.17) is 10.5 Å². The Hall–Kier alpha value is -1.13. The van der Waals surface area contributed by atoms with Gasteiger partial charge in [-0.2, -0.15) is 0 Å². The van der Waals surface area contributed by atoms with Crippen molar-refractivity contribution in [2.75, 3.05) is 63.9 Å². The zero-order valence-corrected chi connectivity index (χ0v) is 17.7. The molecule has 6 nitrogen and oxygen atoms in total. The number of guanidine groups is 1. The van der Waals surface area contributed by atoms with Crippen molar-refractivity contribution in [2.45, 2.75) is 13.5 Å². The van der Waals surface area contributed by atoms with E-state index in [-0.39, 0.29) is 29.8 Å². The molecule has 2 aliphatic rings. The van der Waals surface area contributed by atoms with Crippen molar-refractivity contribution in [3.63, 3.8) is 0 Å². The van der Waals surface area contributed by atoms with E-state index in [1.807, 2.05) is 17.0 Å². The van der Waals surface area contributed by atoms with E-state index in [0.717, 1.165) is 51.4 Å². The van der Waals surface area contributed by atoms with Crippen LogP contribution in [0.3, 0.4) is 0 Å². The predicted octanol–water partition coefficient (Wildman–Crippen LogP) is 1.73. The molecule has 0 aromatic heterocycles. The molecule has 0 spiro atoms. The van der Waals surface area contributed by atoms with Crippen LogP contribution in [0.15, 0.2) is 23.2 Å². The molecule has 2 N–H and O–H groups in total. The lowest BCUT2D eigenvalue weighted by Gasteiger charge is -2.35. The van der Waals surface area contributed by atoms with Crippen LogP contribution in [0.5, 0.6) is 0 Å². The summed E-state index contributed by atoms with van der Waals surface area (Å²) in [5.41, 5.74) is 7.54. The molecular weight excluding hydrogens is 448 g/mol. The van der Waals surface area contributed by atoms with Gasteiger partial charge in [-0.1, -0.05) is 13.0 Å². The fourth-order valence-corrected chi connectivity index (χ4v) is 3.27. The number of hydrogen-bond donors (Lipinski definition) is 1. The molecule has 2 aliphatic heterocycles. The molecule has 0 saturated carbocycles. The number of ether oxygens (including phenoxy) is 1. The van der Waals surface area contributed by atoms with Crippen LogP contribution in [-0.4, -0.2) is 74.8 Å². The van der Waals surface area contributed by atoms with Gasteiger partial charge in [0.05, 0.1) is 25.4 Å². The molecule has 1 aromatic rings. The highest BCUT2D eigenvalue weighted by molar-refractivity contribution is 14.0. The van der Waals surface area contributed by atoms with Crippen LogP contribution in [0.1, 0.15) is 12.5 Å². The van der Waals surface area contributed by atoms with Gasteiger partial charge in [0.25, 0.3) is 0 Å². The molecule has 0 amide bonds. The number of hydrogen-bond acceptors (Lipinski definition) is 4. The standard InChI is InChI=1S/C18H28FN5O.HI/c1-2-22-5-7-23(8-6-22)17-4-3-15(13-16(17)19)14-21-18(20)24-9-11-25-12-10-24;/h3-4,13H,2,5-12,14H2,1H3,(H2,20,21);1H. The fourth-order valence-electron chi connectivity index (χ4n) is 3.27. The van der Waals surface area contributed by atoms with E-state index >= 15 is 0 Å². The summed E-state index contributed by atoms with van der Waals surface area (Å²) in [5.74, 6) is 0.325. The van der Waals surface area contributed by atoms with Crippen LogP contribution in [-0.2, 0) is 11.3 Å². The second-order valence-corrected chi connectivity index (χ2v) is 6.48. The van der Waals surface area contributed by atoms with Crippen molar-refractivity contribution in [1.82, 2.24) is 9.80 Å². The Morgan fingerprint density at radius 3 is 2.46 bits per heavy atom. The zero-order valence-electron chi connectivity index (χ0n) is 15.4. The van der Waals surface area contributed by atoms with Gasteiger partial charge in [0.15, 0.2) is 5.96 Å². The third-order valence-electron chi connectivity index (χ3n) is 4.93. The SMILES string of the molecule is CCN1CCN(c2ccc(CN=C(N)N3CCOCC3)cc2F)CC1.I. The third-order valence-corrected chi connectivity index (χ3v) is 4.93. The first-order chi connectivity index (χ1) is 12.2. The first-order valence-corrected chi connectivity index (χ1v) is 9.05. The number of nitrogens with two attached hydrogens (primary N) is 1. The molecule has 0 atom stereocenters. The lowest BCUT2D eigenvalue weighted by atomic mass is 10.1. The van der Waals surface area contributed by atoms with Crippen molar-refractivity contribution in [2.24, 2.45) is 10.7 Å². The van der Waals surface area contributed by atoms with Crippen molar-refractivity contribution in [3.8, 4) is 0 Å². The molecule has 2 fully saturated rings. The maximum Gasteiger partial charge on any atom is 0.191 e. The minimum Gasteiger partial charge on any atom is -0.378 e. The van der Waals surface area contributed by atoms with Gasteiger partial charge in [-0.05, 0) is 24.2 Å². The molecule has 2 saturated heterocycles. The number of morpholine rings is 1. The first kappa shape index (κ1) is 21.2. The topological polar surface area (TPSA) is 57.3 Å². The van der Waals surface area contributed by atoms with Crippen molar-refractivity contribution < 1.29 is 9.13 Å². The van der Waals surface area contributed by atoms with Gasteiger partial charge >= 0.3 is 0 Å². The highest BCUT2D eigenvalue weighted by atomic mass is 127. The Labute approximate surface area is 172 Å². The average Bonchev–Trinajstić information content (AvgIpc) is 2.67. The zero-order chi connectivity index (χ0) is 17.6. The summed E-state index contributed by atoms with van der Waals surface area (Å²) >= 11 is 0. The van der Waals surface area contributed by atoms with E-state index < -0.39 is 0 Å². The smallest absolute Gasteiger partial charge is 0.191 e. The second-order valence-electron chi connectivity index (χ2n) is 6.48. The maximum absolute atomic E-state index is 14.5. The van der Waals surface area contributed by atoms with Crippen molar-refractivity contribution in [3.05, 3.63) is 29.6 Å². The number of benzene rings is 1. The Morgan fingerprint density at radius 2 is 1.85 bits per heavy atom. The van der Waals surface area contributed by atoms with E-state index in [1.54, 1.807) is 6.07 Å². The Balaban J connectivity index is 0.00000243. The number of aliphatic imine (C=N–C) groups is 1. The molecule has 26 heavy (non-hydrogen) atoms. The number of rotatable bonds is 4. The summed E-state index contributed by atoms with van der Waals surface area (Å²) in [7, 11) is 0. The van der Waals surface area contributed by atoms with E-state index in [1.165, 1.54) is 0 Å². The maximum atomic E-state index is 14.5. The monoisotopic (exact) mass is 477 g/mol. The molecular formula is C18H29FIN5O. The average molecular weight is 477 g/mol. The summed E-state index contributed by atoms with van der Waals surface area (Å²) in [6.07, 6.45) is 0. The van der Waals surface area contributed by atoms with Gasteiger partial charge in [0.1, 0.15) is 5.82 Å². The van der Waals surface area contributed by atoms with Crippen LogP contribution in [0.25, 0.3) is 0 Å². The van der Waals surface area contributed by atoms with Crippen molar-refractivity contribution >= 4 is 35.6 Å². The van der Waals surface area contributed by atoms with Gasteiger partial charge in [-0.3, -0.25) is 0 Å². The molecule has 0 radical (unpaired) electrons. The molecule has 3 rings (SSSR count). The van der Waals surface area contributed by atoms with Crippen LogP contribution >= 0.6 is 24.0 Å². The summed E-state index contributed by atoms with van der Waals surface area (Å²) in [5, 5.41) is 0. The van der Waals surface area contributed by atoms with Crippen LogP contribution < -0.4 is 10.6 Å². The van der Waals surface area contributed by atoms with Crippen LogP contribution in [0, 0.1) is 5.82 Å². The van der Waals surface area contributed by atoms with Crippen LogP contribution in [0.4, 0.5) is 10.1 Å². The lowest BCUT2D eigenvalue weighted by molar-refractivity contribution is 0.0674. The number of likely N-dealkylation sites (N-methyl/N-ethyl adjacent to an activating group) is 1. The van der Waals surface area contributed by atoms with Gasteiger partial charge in [0.2, 0.25) is 0 Å². The number of anilines is 1. The van der Waals surface area contributed by atoms with E-state index in [9.17, 15) is 4.39 Å². The summed E-state index contributed by atoms with van der Waals surface area (Å²) in [6, 6.07) is 5.39. The summed E-state index contributed by atoms with van der Waals surface area (Å²) in [4.78, 5) is 10.9. The Morgan fingerprint density at radius 1 is 1.15 bits per heavy atom. The Bertz CT molecular complexity index is 601. The number of halogens is 2. The van der Waals surface area contributed by atoms with Crippen molar-refractivity contribution in [1.29, 1.82) is 0 Å². The first-order valence-electron chi connectivity index (χ1n) is 9.05. The van der Waals surface area contributed by atoms with Gasteiger partial charge in [-0.25, -0.2) is 9.38 Å². The minimum atomic E-state index is -0.178. The molecule has 0 unspecified atom stereocenters. The molecule has 2 heterocycles. The van der Waals surface area contributed by atoms with E-state index in [2.05, 4.69) is 21.7 Å². The molecule has 1 aromatic carbocycles. The third kappa shape index (κ3) is 5.43.